The number of ether oxygens (including phenoxy) is 1. The minimum atomic E-state index is -0.247. The largest absolute Gasteiger partial charge is 0.487 e. The first-order chi connectivity index (χ1) is 20.9. The third-order valence-corrected chi connectivity index (χ3v) is 10.3. The second kappa shape index (κ2) is 9.94. The van der Waals surface area contributed by atoms with E-state index in [1.165, 1.54) is 17.7 Å². The number of fused-ring (bicyclic) bond motifs is 9. The van der Waals surface area contributed by atoms with E-state index < -0.39 is 0 Å². The van der Waals surface area contributed by atoms with E-state index in [9.17, 15) is 4.79 Å². The molecule has 6 nitrogen and oxygen atoms in total. The summed E-state index contributed by atoms with van der Waals surface area (Å²) in [4.78, 5) is 28.5. The number of amides is 1. The fraction of sp³-hybridized carbons (Fsp3) is 0.378. The van der Waals surface area contributed by atoms with Crippen LogP contribution in [0.5, 0.6) is 5.75 Å². The van der Waals surface area contributed by atoms with Gasteiger partial charge < -0.3 is 14.5 Å². The van der Waals surface area contributed by atoms with Crippen molar-refractivity contribution in [1.82, 2.24) is 14.9 Å². The summed E-state index contributed by atoms with van der Waals surface area (Å²) in [5.41, 5.74) is 6.29. The summed E-state index contributed by atoms with van der Waals surface area (Å²) in [6, 6.07) is 24.7. The molecule has 0 N–H and O–H groups in total. The Morgan fingerprint density at radius 1 is 0.837 bits per heavy atom. The van der Waals surface area contributed by atoms with E-state index in [2.05, 4.69) is 74.2 Å². The van der Waals surface area contributed by atoms with Gasteiger partial charge in [-0.15, -0.1) is 0 Å². The Labute approximate surface area is 252 Å². The van der Waals surface area contributed by atoms with E-state index in [4.69, 9.17) is 14.7 Å². The van der Waals surface area contributed by atoms with Gasteiger partial charge in [-0.2, -0.15) is 0 Å². The molecule has 0 spiro atoms. The molecule has 3 unspecified atom stereocenters. The van der Waals surface area contributed by atoms with Crippen LogP contribution in [0.15, 0.2) is 72.8 Å². The lowest BCUT2D eigenvalue weighted by Gasteiger charge is -2.49. The zero-order chi connectivity index (χ0) is 29.3. The fourth-order valence-electron chi connectivity index (χ4n) is 8.02. The maximum absolute atomic E-state index is 13.7. The van der Waals surface area contributed by atoms with Gasteiger partial charge in [-0.3, -0.25) is 4.79 Å². The number of nitrogens with zero attached hydrogens (tertiary/aromatic N) is 4. The summed E-state index contributed by atoms with van der Waals surface area (Å²) >= 11 is 0. The number of benzene rings is 4. The topological polar surface area (TPSA) is 58.6 Å². The summed E-state index contributed by atoms with van der Waals surface area (Å²) < 4.78 is 6.91. The Kier molecular flexibility index (Phi) is 6.11. The lowest BCUT2D eigenvalue weighted by Crippen LogP contribution is -2.48. The molecule has 43 heavy (non-hydrogen) atoms. The lowest BCUT2D eigenvalue weighted by molar-refractivity contribution is -0.0115. The molecule has 8 rings (SSSR count). The molecular formula is C37H38N4O2. The minimum absolute atomic E-state index is 0.0586. The maximum atomic E-state index is 13.7. The molecule has 3 atom stereocenters. The molecule has 5 aromatic rings. The molecule has 4 aromatic carbocycles. The van der Waals surface area contributed by atoms with E-state index >= 15 is 0 Å². The maximum Gasteiger partial charge on any atom is 0.254 e. The number of piperazine rings is 1. The van der Waals surface area contributed by atoms with Gasteiger partial charge in [-0.05, 0) is 68.9 Å². The van der Waals surface area contributed by atoms with E-state index in [0.717, 1.165) is 64.5 Å². The van der Waals surface area contributed by atoms with Gasteiger partial charge in [0.15, 0.2) is 0 Å². The summed E-state index contributed by atoms with van der Waals surface area (Å²) in [7, 11) is 0. The highest BCUT2D eigenvalue weighted by atomic mass is 16.5. The van der Waals surface area contributed by atoms with E-state index in [1.54, 1.807) is 0 Å². The van der Waals surface area contributed by atoms with Crippen LogP contribution in [0.1, 0.15) is 61.9 Å². The Morgan fingerprint density at radius 3 is 2.35 bits per heavy atom. The van der Waals surface area contributed by atoms with Gasteiger partial charge >= 0.3 is 0 Å². The molecule has 2 aliphatic heterocycles. The number of carbonyl (C=O) groups excluding carboxylic acids is 1. The first kappa shape index (κ1) is 26.4. The van der Waals surface area contributed by atoms with Crippen LogP contribution in [0.3, 0.4) is 0 Å². The number of hydrogen-bond donors (Lipinski definition) is 0. The van der Waals surface area contributed by atoms with Gasteiger partial charge in [0.1, 0.15) is 11.4 Å². The van der Waals surface area contributed by atoms with E-state index in [0.29, 0.717) is 36.4 Å². The monoisotopic (exact) mass is 570 g/mol. The van der Waals surface area contributed by atoms with Crippen molar-refractivity contribution in [1.29, 1.82) is 0 Å². The van der Waals surface area contributed by atoms with Gasteiger partial charge in [0.25, 0.3) is 5.91 Å². The molecule has 0 radical (unpaired) electrons. The highest BCUT2D eigenvalue weighted by Gasteiger charge is 2.47. The Morgan fingerprint density at radius 2 is 1.56 bits per heavy atom. The van der Waals surface area contributed by atoms with Crippen LogP contribution >= 0.6 is 0 Å². The lowest BCUT2D eigenvalue weighted by atomic mass is 9.64. The number of rotatable bonds is 2. The van der Waals surface area contributed by atoms with Gasteiger partial charge in [-0.25, -0.2) is 9.97 Å². The van der Waals surface area contributed by atoms with Gasteiger partial charge in [0.05, 0.1) is 22.1 Å². The molecule has 3 heterocycles. The van der Waals surface area contributed by atoms with Crippen LogP contribution < -0.4 is 9.64 Å². The molecule has 6 heteroatoms. The number of hydrogen-bond acceptors (Lipinski definition) is 5. The molecule has 1 aromatic heterocycles. The first-order valence-corrected chi connectivity index (χ1v) is 15.8. The molecule has 0 bridgehead atoms. The van der Waals surface area contributed by atoms with Crippen molar-refractivity contribution < 1.29 is 9.53 Å². The average Bonchev–Trinajstić information content (AvgIpc) is 3.03. The second-order valence-corrected chi connectivity index (χ2v) is 13.4. The molecule has 3 aliphatic rings. The van der Waals surface area contributed by atoms with Gasteiger partial charge in [0.2, 0.25) is 0 Å². The van der Waals surface area contributed by atoms with Crippen molar-refractivity contribution in [3.8, 4) is 5.75 Å². The zero-order valence-electron chi connectivity index (χ0n) is 25.2. The van der Waals surface area contributed by atoms with Crippen LogP contribution in [0, 0.1) is 11.8 Å². The molecule has 1 saturated heterocycles. The standard InChI is InChI=1S/C37H38N4O2/c1-23-13-15-29-28(21-23)32-34-33(26-11-7-8-12-27(26)35(32)43-37(29,2)3)38-30-16-14-24(22-31(30)39-34)36(42)41-19-17-40(18-20-41)25-9-5-4-6-10-25/h4-12,14,16,22-23,28-29H,13,15,17-21H2,1-3H3. The molecule has 1 aliphatic carbocycles. The normalized spacial score (nSPS) is 23.2. The highest BCUT2D eigenvalue weighted by molar-refractivity contribution is 6.11. The molecule has 2 fully saturated rings. The van der Waals surface area contributed by atoms with Crippen LogP contribution in [-0.2, 0) is 0 Å². The van der Waals surface area contributed by atoms with Crippen molar-refractivity contribution in [3.63, 3.8) is 0 Å². The number of aromatic nitrogens is 2. The van der Waals surface area contributed by atoms with Crippen molar-refractivity contribution >= 4 is 44.4 Å². The van der Waals surface area contributed by atoms with Gasteiger partial charge in [-0.1, -0.05) is 55.8 Å². The summed E-state index contributed by atoms with van der Waals surface area (Å²) in [5, 5.41) is 2.19. The minimum Gasteiger partial charge on any atom is -0.487 e. The average molecular weight is 571 g/mol. The third kappa shape index (κ3) is 4.33. The Balaban J connectivity index is 1.21. The number of para-hydroxylation sites is 1. The summed E-state index contributed by atoms with van der Waals surface area (Å²) in [6.45, 7) is 9.93. The van der Waals surface area contributed by atoms with Crippen LogP contribution in [0.25, 0.3) is 32.8 Å². The Hall–Kier alpha value is -4.19. The van der Waals surface area contributed by atoms with Crippen molar-refractivity contribution in [2.24, 2.45) is 11.8 Å². The zero-order valence-corrected chi connectivity index (χ0v) is 25.2. The summed E-state index contributed by atoms with van der Waals surface area (Å²) in [5.74, 6) is 2.49. The third-order valence-electron chi connectivity index (χ3n) is 10.3. The Bertz CT molecular complexity index is 1880. The molecule has 1 amide bonds. The molecular weight excluding hydrogens is 532 g/mol. The van der Waals surface area contributed by atoms with Crippen molar-refractivity contribution in [3.05, 3.63) is 83.9 Å². The van der Waals surface area contributed by atoms with Gasteiger partial charge in [0, 0.05) is 59.7 Å². The van der Waals surface area contributed by atoms with Crippen LogP contribution in [0.2, 0.25) is 0 Å². The van der Waals surface area contributed by atoms with E-state index in [-0.39, 0.29) is 11.5 Å². The van der Waals surface area contributed by atoms with Crippen molar-refractivity contribution in [2.45, 2.75) is 51.6 Å². The van der Waals surface area contributed by atoms with Crippen LogP contribution in [0.4, 0.5) is 5.69 Å². The van der Waals surface area contributed by atoms with Crippen molar-refractivity contribution in [2.75, 3.05) is 31.1 Å². The van der Waals surface area contributed by atoms with Crippen LogP contribution in [-0.4, -0.2) is 52.6 Å². The first-order valence-electron chi connectivity index (χ1n) is 15.8. The molecule has 218 valence electrons. The predicted molar refractivity (Wildman–Crippen MR) is 173 cm³/mol. The molecule has 1 saturated carbocycles. The SMILES string of the molecule is CC1CCC2C(C1)c1c(c3ccccc3c3nc4ccc(C(=O)N5CCN(c6ccccc6)CC5)cc4nc13)OC2(C)C. The highest BCUT2D eigenvalue weighted by Crippen LogP contribution is 2.56. The van der Waals surface area contributed by atoms with E-state index in [1.807, 2.05) is 29.2 Å². The number of carbonyl (C=O) groups is 1. The second-order valence-electron chi connectivity index (χ2n) is 13.4. The predicted octanol–water partition coefficient (Wildman–Crippen LogP) is 7.59. The smallest absolute Gasteiger partial charge is 0.254 e. The quantitative estimate of drug-likeness (QED) is 0.162. The summed E-state index contributed by atoms with van der Waals surface area (Å²) in [6.07, 6.45) is 3.52. The fourth-order valence-corrected chi connectivity index (χ4v) is 8.02. The number of anilines is 1.